The predicted octanol–water partition coefficient (Wildman–Crippen LogP) is 0.252. The number of hydrogen-bond acceptors (Lipinski definition) is 11. The third-order valence-corrected chi connectivity index (χ3v) is 8.90. The van der Waals surface area contributed by atoms with Crippen molar-refractivity contribution in [3.63, 3.8) is 0 Å². The van der Waals surface area contributed by atoms with Crippen LogP contribution < -0.4 is 44.9 Å². The number of piperazine rings is 1. The van der Waals surface area contributed by atoms with Crippen molar-refractivity contribution in [1.29, 1.82) is 0 Å². The van der Waals surface area contributed by atoms with Crippen LogP contribution in [-0.4, -0.2) is 87.2 Å². The van der Waals surface area contributed by atoms with E-state index in [0.29, 0.717) is 30.6 Å². The molecule has 2 aromatic heterocycles. The van der Waals surface area contributed by atoms with E-state index < -0.39 is 35.4 Å². The number of nitrogens with one attached hydrogen (secondary N) is 1. The summed E-state index contributed by atoms with van der Waals surface area (Å²) in [6, 6.07) is 2.06. The molecule has 238 valence electrons. The summed E-state index contributed by atoms with van der Waals surface area (Å²) in [5, 5.41) is 23.7. The molecule has 5 rings (SSSR count). The molecule has 10 nitrogen and oxygen atoms in total. The van der Waals surface area contributed by atoms with Gasteiger partial charge in [0.2, 0.25) is 5.82 Å². The summed E-state index contributed by atoms with van der Waals surface area (Å²) in [6.45, 7) is 3.95. The largest absolute Gasteiger partial charge is 1.00 e. The molecule has 0 bridgehead atoms. The third kappa shape index (κ3) is 8.47. The Bertz CT molecular complexity index is 1500. The molecule has 45 heavy (non-hydrogen) atoms. The van der Waals surface area contributed by atoms with Gasteiger partial charge in [-0.05, 0) is 50.9 Å². The van der Waals surface area contributed by atoms with E-state index in [1.54, 1.807) is 9.80 Å². The first-order valence-electron chi connectivity index (χ1n) is 14.1. The Morgan fingerprint density at radius 2 is 1.93 bits per heavy atom. The molecule has 4 heterocycles. The normalized spacial score (nSPS) is 19.5. The van der Waals surface area contributed by atoms with Crippen molar-refractivity contribution in [3.05, 3.63) is 46.6 Å². The first-order chi connectivity index (χ1) is 20.9. The second-order valence-corrected chi connectivity index (χ2v) is 12.0. The van der Waals surface area contributed by atoms with Gasteiger partial charge in [-0.25, -0.2) is 19.3 Å². The fraction of sp³-hybridized carbons (Fsp3) is 0.500. The van der Waals surface area contributed by atoms with Crippen LogP contribution in [0.25, 0.3) is 11.3 Å². The number of carbonyl (C=O) groups is 1. The van der Waals surface area contributed by atoms with E-state index in [-0.39, 0.29) is 89.7 Å². The average Bonchev–Trinajstić information content (AvgIpc) is 3.57. The Kier molecular flexibility index (Phi) is 11.8. The predicted molar refractivity (Wildman–Crippen MR) is 151 cm³/mol. The number of carboxylic acids is 1. The van der Waals surface area contributed by atoms with Gasteiger partial charge in [-0.2, -0.15) is 17.6 Å². The summed E-state index contributed by atoms with van der Waals surface area (Å²) in [7, 11) is 0. The first-order valence-corrected chi connectivity index (χ1v) is 14.9. The van der Waals surface area contributed by atoms with Crippen molar-refractivity contribution in [2.24, 2.45) is 0 Å². The number of alkyl halides is 3. The molecule has 0 spiro atoms. The molecule has 3 aromatic rings. The van der Waals surface area contributed by atoms with E-state index in [1.807, 2.05) is 0 Å². The summed E-state index contributed by atoms with van der Waals surface area (Å²) in [5.74, 6) is -3.31. The van der Waals surface area contributed by atoms with E-state index >= 15 is 4.39 Å². The van der Waals surface area contributed by atoms with Gasteiger partial charge in [0.05, 0.1) is 23.9 Å². The van der Waals surface area contributed by atoms with Crippen molar-refractivity contribution in [2.75, 3.05) is 49.5 Å². The van der Waals surface area contributed by atoms with Gasteiger partial charge in [-0.15, -0.1) is 0 Å². The van der Waals surface area contributed by atoms with E-state index in [4.69, 9.17) is 0 Å². The summed E-state index contributed by atoms with van der Waals surface area (Å²) >= 11 is 1.12. The van der Waals surface area contributed by atoms with Gasteiger partial charge in [0, 0.05) is 55.2 Å². The Labute approximate surface area is 282 Å². The van der Waals surface area contributed by atoms with Gasteiger partial charge in [0.15, 0.2) is 16.8 Å². The Morgan fingerprint density at radius 3 is 2.60 bits per heavy atom. The van der Waals surface area contributed by atoms with Crippen LogP contribution >= 0.6 is 11.3 Å². The van der Waals surface area contributed by atoms with Crippen molar-refractivity contribution >= 4 is 34.1 Å². The number of aliphatic carboxylic acids is 1. The van der Waals surface area contributed by atoms with Gasteiger partial charge in [-0.1, -0.05) is 11.3 Å². The van der Waals surface area contributed by atoms with Crippen LogP contribution in [0.3, 0.4) is 0 Å². The molecule has 0 aliphatic carbocycles. The fourth-order valence-corrected chi connectivity index (χ4v) is 6.61. The zero-order chi connectivity index (χ0) is 31.6. The minimum absolute atomic E-state index is 0. The molecule has 17 heteroatoms. The second-order valence-electron chi connectivity index (χ2n) is 10.9. The van der Waals surface area contributed by atoms with E-state index in [0.717, 1.165) is 49.2 Å². The van der Waals surface area contributed by atoms with Crippen LogP contribution in [0.2, 0.25) is 0 Å². The number of halogens is 5. The zero-order valence-corrected chi connectivity index (χ0v) is 27.6. The van der Waals surface area contributed by atoms with Crippen LogP contribution in [0.5, 0.6) is 0 Å². The number of nitrogens with zero attached hydrogens (tertiary/aromatic N) is 6. The summed E-state index contributed by atoms with van der Waals surface area (Å²) < 4.78 is 70.6. The summed E-state index contributed by atoms with van der Waals surface area (Å²) in [5.41, 5.74) is -1.02. The number of aliphatic hydroxyl groups is 1. The number of aliphatic hydroxyl groups excluding tert-OH is 1. The molecule has 2 aliphatic heterocycles. The monoisotopic (exact) mass is 663 g/mol. The Hall–Kier alpha value is -2.47. The van der Waals surface area contributed by atoms with E-state index in [9.17, 15) is 32.6 Å². The molecule has 2 N–H and O–H groups in total. The number of likely N-dealkylation sites (tertiary alicyclic amines) is 1. The third-order valence-electron chi connectivity index (χ3n) is 7.95. The van der Waals surface area contributed by atoms with Crippen LogP contribution in [-0.2, 0) is 17.5 Å². The molecular formula is C28H31F5N7NaO3S. The van der Waals surface area contributed by atoms with Crippen LogP contribution in [0.15, 0.2) is 24.5 Å². The van der Waals surface area contributed by atoms with Gasteiger partial charge in [0.1, 0.15) is 12.1 Å². The second kappa shape index (κ2) is 15.0. The Morgan fingerprint density at radius 1 is 1.16 bits per heavy atom. The number of rotatable bonds is 10. The van der Waals surface area contributed by atoms with Gasteiger partial charge < -0.3 is 25.2 Å². The van der Waals surface area contributed by atoms with Crippen molar-refractivity contribution in [3.8, 4) is 11.3 Å². The van der Waals surface area contributed by atoms with Crippen molar-refractivity contribution < 1.29 is 66.5 Å². The molecule has 0 amide bonds. The number of thiazole rings is 1. The standard InChI is InChI=1S/C28H32F5N7O3S.Na/c1-16-3-2-5-39(16)13-21-24(17-9-18(28(31,32)33)11-19(29)10-17)36-27(44-21)37-25-23(30)26(35-15-34-25)40-8-7-38(6-4-22(42)43)20(12-40)14-41;/h9-11,15-16,20,41H,2-8,12-14H2,1H3,(H,42,43)(H,34,35,36,37);/q;+1/p-1/t16-,20-;/m1./s1. The SMILES string of the molecule is C[C@@H]1CCCN1Cc1sc(Nc2ncnc(N3CCN(CCC(=O)[O-])[C@@H](CO)C3)c2F)nc1-c1cc(F)cc(C(F)(F)F)c1.[Na+]. The maximum atomic E-state index is 15.8. The number of carbonyl (C=O) groups excluding carboxylic acids is 1. The quantitative estimate of drug-likeness (QED) is 0.231. The van der Waals surface area contributed by atoms with Crippen LogP contribution in [0.4, 0.5) is 38.7 Å². The topological polar surface area (TPSA) is 121 Å². The Balaban J connectivity index is 0.00000461. The van der Waals surface area contributed by atoms with Crippen molar-refractivity contribution in [2.45, 2.75) is 51.0 Å². The molecule has 2 fully saturated rings. The molecule has 2 atom stereocenters. The molecule has 0 radical (unpaired) electrons. The minimum atomic E-state index is -4.76. The number of aromatic nitrogens is 3. The minimum Gasteiger partial charge on any atom is -0.550 e. The van der Waals surface area contributed by atoms with Crippen LogP contribution in [0, 0.1) is 11.6 Å². The van der Waals surface area contributed by atoms with E-state index in [1.165, 1.54) is 0 Å². The summed E-state index contributed by atoms with van der Waals surface area (Å²) in [6.07, 6.45) is -1.87. The van der Waals surface area contributed by atoms with Gasteiger partial charge in [0.25, 0.3) is 0 Å². The van der Waals surface area contributed by atoms with Gasteiger partial charge >= 0.3 is 35.7 Å². The number of anilines is 3. The molecule has 1 aromatic carbocycles. The van der Waals surface area contributed by atoms with Crippen LogP contribution in [0.1, 0.15) is 36.6 Å². The molecule has 0 saturated carbocycles. The zero-order valence-electron chi connectivity index (χ0n) is 24.8. The fourth-order valence-electron chi connectivity index (χ4n) is 5.60. The maximum Gasteiger partial charge on any atom is 1.00 e. The number of benzene rings is 1. The first kappa shape index (κ1) is 35.4. The molecule has 2 aliphatic rings. The van der Waals surface area contributed by atoms with Crippen molar-refractivity contribution in [1.82, 2.24) is 24.8 Å². The van der Waals surface area contributed by atoms with E-state index in [2.05, 4.69) is 32.1 Å². The number of hydrogen-bond donors (Lipinski definition) is 2. The molecular weight excluding hydrogens is 632 g/mol. The molecule has 0 unspecified atom stereocenters. The van der Waals surface area contributed by atoms with Gasteiger partial charge in [-0.3, -0.25) is 9.80 Å². The number of carboxylic acid groups (broad SMARTS) is 1. The maximum absolute atomic E-state index is 15.8. The molecule has 2 saturated heterocycles. The average molecular weight is 664 g/mol. The summed E-state index contributed by atoms with van der Waals surface area (Å²) in [4.78, 5) is 29.6. The smallest absolute Gasteiger partial charge is 0.550 e.